The molecule has 0 amide bonds. The van der Waals surface area contributed by atoms with Gasteiger partial charge in [0, 0.05) is 35.5 Å². The minimum Gasteiger partial charge on any atom is -0.311 e. The summed E-state index contributed by atoms with van der Waals surface area (Å²) in [5, 5.41) is 6.84. The molecule has 86 valence electrons. The van der Waals surface area contributed by atoms with E-state index in [1.54, 1.807) is 11.3 Å². The number of hydrogen-bond acceptors (Lipinski definition) is 4. The van der Waals surface area contributed by atoms with Crippen molar-refractivity contribution in [1.29, 1.82) is 0 Å². The van der Waals surface area contributed by atoms with Crippen molar-refractivity contribution >= 4 is 22.7 Å². The third-order valence-electron chi connectivity index (χ3n) is 2.44. The molecule has 2 nitrogen and oxygen atoms in total. The van der Waals surface area contributed by atoms with E-state index in [0.29, 0.717) is 0 Å². The van der Waals surface area contributed by atoms with Crippen LogP contribution in [0.25, 0.3) is 0 Å². The number of aromatic nitrogens is 1. The fourth-order valence-corrected chi connectivity index (χ4v) is 3.16. The van der Waals surface area contributed by atoms with E-state index in [9.17, 15) is 0 Å². The van der Waals surface area contributed by atoms with Crippen LogP contribution in [-0.4, -0.2) is 11.5 Å². The maximum absolute atomic E-state index is 4.35. The second kappa shape index (κ2) is 5.57. The van der Waals surface area contributed by atoms with E-state index < -0.39 is 0 Å². The first-order valence-electron chi connectivity index (χ1n) is 5.40. The van der Waals surface area contributed by atoms with Gasteiger partial charge in [-0.2, -0.15) is 0 Å². The largest absolute Gasteiger partial charge is 0.311 e. The summed E-state index contributed by atoms with van der Waals surface area (Å²) in [6, 6.07) is 2.17. The molecule has 0 saturated carbocycles. The maximum atomic E-state index is 4.35. The van der Waals surface area contributed by atoms with Crippen molar-refractivity contribution in [2.24, 2.45) is 0 Å². The average molecular weight is 252 g/mol. The number of hydrogen-bond donors (Lipinski definition) is 1. The van der Waals surface area contributed by atoms with Gasteiger partial charge in [-0.15, -0.1) is 22.7 Å². The van der Waals surface area contributed by atoms with E-state index in [0.717, 1.165) is 19.5 Å². The third kappa shape index (κ3) is 3.14. The number of aryl methyl sites for hydroxylation is 2. The van der Waals surface area contributed by atoms with Crippen LogP contribution in [0.1, 0.15) is 20.3 Å². The Labute approximate surface area is 104 Å². The zero-order chi connectivity index (χ0) is 11.4. The summed E-state index contributed by atoms with van der Waals surface area (Å²) in [6.45, 7) is 6.25. The normalized spacial score (nSPS) is 10.9. The molecular weight excluding hydrogens is 236 g/mol. The van der Waals surface area contributed by atoms with Crippen molar-refractivity contribution < 1.29 is 0 Å². The van der Waals surface area contributed by atoms with Crippen LogP contribution in [0, 0.1) is 13.8 Å². The number of thiazole rings is 1. The molecule has 2 rings (SSSR count). The number of nitrogens with one attached hydrogen (secondary N) is 1. The fraction of sp³-hybridized carbons (Fsp3) is 0.417. The lowest BCUT2D eigenvalue weighted by molar-refractivity contribution is 0.690. The van der Waals surface area contributed by atoms with Crippen LogP contribution in [0.2, 0.25) is 0 Å². The second-order valence-electron chi connectivity index (χ2n) is 3.82. The van der Waals surface area contributed by atoms with Crippen molar-refractivity contribution in [2.45, 2.75) is 26.8 Å². The molecule has 4 heteroatoms. The first-order chi connectivity index (χ1) is 7.75. The van der Waals surface area contributed by atoms with Gasteiger partial charge in [-0.05, 0) is 30.9 Å². The zero-order valence-electron chi connectivity index (χ0n) is 9.62. The highest BCUT2D eigenvalue weighted by Gasteiger charge is 2.00. The van der Waals surface area contributed by atoms with Gasteiger partial charge in [0.15, 0.2) is 0 Å². The summed E-state index contributed by atoms with van der Waals surface area (Å²) in [6.07, 6.45) is 2.98. The summed E-state index contributed by atoms with van der Waals surface area (Å²) in [5.41, 5.74) is 1.39. The molecule has 0 spiro atoms. The van der Waals surface area contributed by atoms with Crippen molar-refractivity contribution in [2.75, 3.05) is 6.54 Å². The topological polar surface area (TPSA) is 24.9 Å². The van der Waals surface area contributed by atoms with Gasteiger partial charge in [0.2, 0.25) is 0 Å². The molecule has 0 aliphatic carbocycles. The lowest BCUT2D eigenvalue weighted by Gasteiger charge is -2.02. The fourth-order valence-electron chi connectivity index (χ4n) is 1.50. The zero-order valence-corrected chi connectivity index (χ0v) is 11.3. The molecule has 16 heavy (non-hydrogen) atoms. The monoisotopic (exact) mass is 252 g/mol. The third-order valence-corrected chi connectivity index (χ3v) is 4.43. The Morgan fingerprint density at radius 3 is 2.88 bits per heavy atom. The van der Waals surface area contributed by atoms with Crippen LogP contribution in [0.5, 0.6) is 0 Å². The molecule has 0 bridgehead atoms. The van der Waals surface area contributed by atoms with Crippen LogP contribution in [0.3, 0.4) is 0 Å². The van der Waals surface area contributed by atoms with Gasteiger partial charge in [-0.25, -0.2) is 4.98 Å². The Hall–Kier alpha value is -0.710. The predicted molar refractivity (Wildman–Crippen MR) is 71.3 cm³/mol. The SMILES string of the molecule is Cc1cnc(CCNCc2sccc2C)s1. The highest BCUT2D eigenvalue weighted by Crippen LogP contribution is 2.15. The lowest BCUT2D eigenvalue weighted by atomic mass is 10.3. The van der Waals surface area contributed by atoms with E-state index in [2.05, 4.69) is 35.6 Å². The summed E-state index contributed by atoms with van der Waals surface area (Å²) < 4.78 is 0. The Morgan fingerprint density at radius 2 is 2.25 bits per heavy atom. The van der Waals surface area contributed by atoms with Crippen molar-refractivity contribution in [3.05, 3.63) is 38.0 Å². The maximum Gasteiger partial charge on any atom is 0.0940 e. The Kier molecular flexibility index (Phi) is 4.09. The van der Waals surface area contributed by atoms with E-state index in [-0.39, 0.29) is 0 Å². The lowest BCUT2D eigenvalue weighted by Crippen LogP contribution is -2.16. The van der Waals surface area contributed by atoms with Crippen LogP contribution in [0.4, 0.5) is 0 Å². The summed E-state index contributed by atoms with van der Waals surface area (Å²) in [4.78, 5) is 7.08. The van der Waals surface area contributed by atoms with Gasteiger partial charge < -0.3 is 5.32 Å². The Morgan fingerprint density at radius 1 is 1.38 bits per heavy atom. The molecule has 2 aromatic heterocycles. The molecule has 0 fully saturated rings. The predicted octanol–water partition coefficient (Wildman–Crippen LogP) is 3.15. The molecule has 0 radical (unpaired) electrons. The average Bonchev–Trinajstić information content (AvgIpc) is 2.83. The van der Waals surface area contributed by atoms with E-state index in [4.69, 9.17) is 0 Å². The van der Waals surface area contributed by atoms with Gasteiger partial charge in [0.25, 0.3) is 0 Å². The molecule has 2 aromatic rings. The van der Waals surface area contributed by atoms with E-state index in [1.807, 2.05) is 17.5 Å². The smallest absolute Gasteiger partial charge is 0.0940 e. The standard InChI is InChI=1S/C12H16N2S2/c1-9-4-6-15-11(9)8-13-5-3-12-14-7-10(2)16-12/h4,6-7,13H,3,5,8H2,1-2H3. The first-order valence-corrected chi connectivity index (χ1v) is 7.10. The van der Waals surface area contributed by atoms with Gasteiger partial charge in [0.1, 0.15) is 0 Å². The first kappa shape index (κ1) is 11.8. The van der Waals surface area contributed by atoms with Gasteiger partial charge in [-0.1, -0.05) is 0 Å². The number of thiophene rings is 1. The quantitative estimate of drug-likeness (QED) is 0.827. The number of nitrogens with zero attached hydrogens (tertiary/aromatic N) is 1. The van der Waals surface area contributed by atoms with E-state index >= 15 is 0 Å². The minimum absolute atomic E-state index is 0.980. The minimum atomic E-state index is 0.980. The molecule has 0 unspecified atom stereocenters. The molecule has 0 aromatic carbocycles. The summed E-state index contributed by atoms with van der Waals surface area (Å²) in [7, 11) is 0. The Balaban J connectivity index is 1.71. The van der Waals surface area contributed by atoms with Gasteiger partial charge >= 0.3 is 0 Å². The molecule has 0 saturated heterocycles. The van der Waals surface area contributed by atoms with Crippen LogP contribution >= 0.6 is 22.7 Å². The number of rotatable bonds is 5. The molecule has 0 atom stereocenters. The van der Waals surface area contributed by atoms with Gasteiger partial charge in [0.05, 0.1) is 5.01 Å². The van der Waals surface area contributed by atoms with Crippen LogP contribution in [-0.2, 0) is 13.0 Å². The van der Waals surface area contributed by atoms with Crippen LogP contribution in [0.15, 0.2) is 17.6 Å². The molecule has 2 heterocycles. The summed E-state index contributed by atoms with van der Waals surface area (Å²) in [5.74, 6) is 0. The molecule has 1 N–H and O–H groups in total. The van der Waals surface area contributed by atoms with E-state index in [1.165, 1.54) is 20.3 Å². The highest BCUT2D eigenvalue weighted by atomic mass is 32.1. The Bertz CT molecular complexity index is 445. The van der Waals surface area contributed by atoms with Crippen molar-refractivity contribution in [3.8, 4) is 0 Å². The molecule has 0 aliphatic heterocycles. The molecule has 0 aliphatic rings. The van der Waals surface area contributed by atoms with Crippen LogP contribution < -0.4 is 5.32 Å². The summed E-state index contributed by atoms with van der Waals surface area (Å²) >= 11 is 3.61. The highest BCUT2D eigenvalue weighted by molar-refractivity contribution is 7.11. The van der Waals surface area contributed by atoms with Crippen molar-refractivity contribution in [1.82, 2.24) is 10.3 Å². The van der Waals surface area contributed by atoms with Gasteiger partial charge in [-0.3, -0.25) is 0 Å². The van der Waals surface area contributed by atoms with Crippen molar-refractivity contribution in [3.63, 3.8) is 0 Å². The second-order valence-corrected chi connectivity index (χ2v) is 6.14. The molecular formula is C12H16N2S2.